The zero-order valence-corrected chi connectivity index (χ0v) is 17.5. The van der Waals surface area contributed by atoms with E-state index in [9.17, 15) is 9.59 Å². The number of aromatic nitrogens is 1. The summed E-state index contributed by atoms with van der Waals surface area (Å²) < 4.78 is 10.9. The lowest BCUT2D eigenvalue weighted by Crippen LogP contribution is -2.40. The Balaban J connectivity index is 1.79. The summed E-state index contributed by atoms with van der Waals surface area (Å²) in [7, 11) is 0. The van der Waals surface area contributed by atoms with Crippen LogP contribution in [0, 0.1) is 0 Å². The predicted molar refractivity (Wildman–Crippen MR) is 110 cm³/mol. The van der Waals surface area contributed by atoms with Crippen LogP contribution in [-0.4, -0.2) is 40.8 Å². The minimum atomic E-state index is -0.612. The number of fused-ring (bicyclic) bond motifs is 1. The Morgan fingerprint density at radius 3 is 2.48 bits per heavy atom. The summed E-state index contributed by atoms with van der Waals surface area (Å²) in [5.41, 5.74) is 0.957. The van der Waals surface area contributed by atoms with Gasteiger partial charge in [-0.2, -0.15) is 0 Å². The molecule has 29 heavy (non-hydrogen) atoms. The Labute approximate surface area is 175 Å². The molecule has 8 heteroatoms. The van der Waals surface area contributed by atoms with Crippen LogP contribution in [0.5, 0.6) is 0 Å². The van der Waals surface area contributed by atoms with Crippen LogP contribution in [0.1, 0.15) is 31.9 Å². The summed E-state index contributed by atoms with van der Waals surface area (Å²) in [6, 6.07) is 12.8. The fourth-order valence-corrected chi connectivity index (χ4v) is 3.02. The third-order valence-electron chi connectivity index (χ3n) is 4.21. The smallest absolute Gasteiger partial charge is 0.415 e. The van der Waals surface area contributed by atoms with E-state index in [0.717, 1.165) is 5.56 Å². The van der Waals surface area contributed by atoms with Gasteiger partial charge in [0.2, 0.25) is 0 Å². The fraction of sp³-hybridized carbons (Fsp3) is 0.381. The number of halogens is 1. The van der Waals surface area contributed by atoms with Crippen LogP contribution in [0.4, 0.5) is 15.4 Å². The number of nitrogens with zero attached hydrogens (tertiary/aromatic N) is 3. The van der Waals surface area contributed by atoms with Crippen molar-refractivity contribution in [2.45, 2.75) is 39.5 Å². The maximum absolute atomic E-state index is 12.8. The van der Waals surface area contributed by atoms with Crippen LogP contribution in [-0.2, 0) is 22.6 Å². The van der Waals surface area contributed by atoms with Gasteiger partial charge in [0.1, 0.15) is 23.2 Å². The summed E-state index contributed by atoms with van der Waals surface area (Å²) >= 11 is 6.06. The Bertz CT molecular complexity index is 883. The molecule has 7 nitrogen and oxygen atoms in total. The van der Waals surface area contributed by atoms with Crippen molar-refractivity contribution in [1.82, 2.24) is 9.88 Å². The van der Waals surface area contributed by atoms with Crippen molar-refractivity contribution in [2.24, 2.45) is 0 Å². The first-order chi connectivity index (χ1) is 13.7. The zero-order valence-electron chi connectivity index (χ0n) is 16.7. The van der Waals surface area contributed by atoms with Crippen LogP contribution in [0.25, 0.3) is 0 Å². The molecule has 0 spiro atoms. The molecule has 0 N–H and O–H groups in total. The Morgan fingerprint density at radius 1 is 1.07 bits per heavy atom. The summed E-state index contributed by atoms with van der Waals surface area (Å²) in [5, 5.41) is 0.260. The third kappa shape index (κ3) is 5.60. The maximum atomic E-state index is 12.8. The zero-order chi connectivity index (χ0) is 21.0. The highest BCUT2D eigenvalue weighted by Gasteiger charge is 2.31. The molecule has 0 unspecified atom stereocenters. The quantitative estimate of drug-likeness (QED) is 0.666. The van der Waals surface area contributed by atoms with Gasteiger partial charge in [0, 0.05) is 18.7 Å². The summed E-state index contributed by atoms with van der Waals surface area (Å²) in [6.45, 7) is 6.33. The van der Waals surface area contributed by atoms with Crippen molar-refractivity contribution in [1.29, 1.82) is 0 Å². The number of rotatable bonds is 2. The molecule has 1 aromatic heterocycles. The molecular weight excluding hydrogens is 394 g/mol. The number of hydrogen-bond donors (Lipinski definition) is 0. The number of carbonyl (C=O) groups excluding carboxylic acids is 2. The lowest BCUT2D eigenvalue weighted by Gasteiger charge is -2.26. The highest BCUT2D eigenvalue weighted by Crippen LogP contribution is 2.27. The standard InChI is InChI=1S/C21H24ClN3O4/c1-21(2,3)29-19(26)24-11-12-25(18-16(13-24)9-10-17(22)23-18)20(27)28-14-15-7-5-4-6-8-15/h4-10H,11-14H2,1-3H3. The van der Waals surface area contributed by atoms with Gasteiger partial charge >= 0.3 is 12.2 Å². The summed E-state index contributed by atoms with van der Waals surface area (Å²) in [5.74, 6) is 0.390. The summed E-state index contributed by atoms with van der Waals surface area (Å²) in [6.07, 6.45) is -0.992. The first-order valence-corrected chi connectivity index (χ1v) is 9.72. The SMILES string of the molecule is CC(C)(C)OC(=O)N1CCN(C(=O)OCc2ccccc2)c2nc(Cl)ccc2C1. The molecule has 154 valence electrons. The van der Waals surface area contributed by atoms with Crippen LogP contribution < -0.4 is 4.90 Å². The van der Waals surface area contributed by atoms with Gasteiger partial charge < -0.3 is 14.4 Å². The van der Waals surface area contributed by atoms with Crippen molar-refractivity contribution in [2.75, 3.05) is 18.0 Å². The first kappa shape index (κ1) is 20.9. The van der Waals surface area contributed by atoms with Crippen LogP contribution in [0.3, 0.4) is 0 Å². The number of benzene rings is 1. The topological polar surface area (TPSA) is 72.0 Å². The average molecular weight is 418 g/mol. The van der Waals surface area contributed by atoms with Crippen molar-refractivity contribution >= 4 is 29.6 Å². The molecule has 2 aromatic rings. The molecular formula is C21H24ClN3O4. The lowest BCUT2D eigenvalue weighted by atomic mass is 10.2. The molecule has 0 atom stereocenters. The van der Waals surface area contributed by atoms with E-state index in [1.54, 1.807) is 17.0 Å². The van der Waals surface area contributed by atoms with E-state index in [0.29, 0.717) is 11.4 Å². The molecule has 0 aliphatic carbocycles. The number of ether oxygens (including phenoxy) is 2. The predicted octanol–water partition coefficient (Wildman–Crippen LogP) is 4.63. The van der Waals surface area contributed by atoms with Gasteiger partial charge in [0.05, 0.1) is 6.54 Å². The van der Waals surface area contributed by atoms with Crippen LogP contribution in [0.15, 0.2) is 42.5 Å². The number of amides is 2. The van der Waals surface area contributed by atoms with E-state index in [1.165, 1.54) is 4.90 Å². The normalized spacial score (nSPS) is 14.1. The van der Waals surface area contributed by atoms with Crippen molar-refractivity contribution < 1.29 is 19.1 Å². The van der Waals surface area contributed by atoms with E-state index in [1.807, 2.05) is 51.1 Å². The largest absolute Gasteiger partial charge is 0.444 e. The van der Waals surface area contributed by atoms with E-state index >= 15 is 0 Å². The highest BCUT2D eigenvalue weighted by molar-refractivity contribution is 6.29. The molecule has 2 amide bonds. The van der Waals surface area contributed by atoms with Gasteiger partial charge in [-0.15, -0.1) is 0 Å². The number of hydrogen-bond acceptors (Lipinski definition) is 5. The van der Waals surface area contributed by atoms with Crippen molar-refractivity contribution in [3.05, 3.63) is 58.7 Å². The summed E-state index contributed by atoms with van der Waals surface area (Å²) in [4.78, 5) is 32.6. The minimum Gasteiger partial charge on any atom is -0.444 e. The van der Waals surface area contributed by atoms with Gasteiger partial charge in [-0.05, 0) is 32.4 Å². The van der Waals surface area contributed by atoms with E-state index < -0.39 is 17.8 Å². The van der Waals surface area contributed by atoms with E-state index in [4.69, 9.17) is 21.1 Å². The molecule has 1 aromatic carbocycles. The molecule has 0 radical (unpaired) electrons. The average Bonchev–Trinajstić information content (AvgIpc) is 2.85. The molecule has 0 saturated carbocycles. The van der Waals surface area contributed by atoms with Crippen LogP contribution in [0.2, 0.25) is 5.15 Å². The van der Waals surface area contributed by atoms with Gasteiger partial charge in [0.25, 0.3) is 0 Å². The Kier molecular flexibility index (Phi) is 6.27. The third-order valence-corrected chi connectivity index (χ3v) is 4.42. The molecule has 3 rings (SSSR count). The Morgan fingerprint density at radius 2 is 1.79 bits per heavy atom. The maximum Gasteiger partial charge on any atom is 0.415 e. The van der Waals surface area contributed by atoms with Gasteiger partial charge in [-0.3, -0.25) is 4.90 Å². The second kappa shape index (κ2) is 8.69. The monoisotopic (exact) mass is 417 g/mol. The lowest BCUT2D eigenvalue weighted by molar-refractivity contribution is 0.0242. The minimum absolute atomic E-state index is 0.141. The van der Waals surface area contributed by atoms with E-state index in [-0.39, 0.29) is 31.4 Å². The van der Waals surface area contributed by atoms with E-state index in [2.05, 4.69) is 4.98 Å². The molecule has 0 saturated heterocycles. The number of anilines is 1. The van der Waals surface area contributed by atoms with Gasteiger partial charge in [-0.25, -0.2) is 14.6 Å². The second-order valence-electron chi connectivity index (χ2n) is 7.71. The van der Waals surface area contributed by atoms with Gasteiger partial charge in [-0.1, -0.05) is 48.0 Å². The first-order valence-electron chi connectivity index (χ1n) is 9.34. The molecule has 0 bridgehead atoms. The highest BCUT2D eigenvalue weighted by atomic mass is 35.5. The second-order valence-corrected chi connectivity index (χ2v) is 8.10. The molecule has 1 aliphatic heterocycles. The van der Waals surface area contributed by atoms with Crippen molar-refractivity contribution in [3.63, 3.8) is 0 Å². The van der Waals surface area contributed by atoms with Gasteiger partial charge in [0.15, 0.2) is 0 Å². The van der Waals surface area contributed by atoms with Crippen LogP contribution >= 0.6 is 11.6 Å². The number of pyridine rings is 1. The van der Waals surface area contributed by atoms with Crippen molar-refractivity contribution in [3.8, 4) is 0 Å². The molecule has 1 aliphatic rings. The molecule has 2 heterocycles. The molecule has 0 fully saturated rings. The Hall–Kier alpha value is -2.80. The fourth-order valence-electron chi connectivity index (χ4n) is 2.88. The number of carbonyl (C=O) groups is 2.